The van der Waals surface area contributed by atoms with Crippen molar-refractivity contribution in [2.45, 2.75) is 13.3 Å². The fourth-order valence-corrected chi connectivity index (χ4v) is 2.67. The van der Waals surface area contributed by atoms with Crippen molar-refractivity contribution in [1.82, 2.24) is 0 Å². The van der Waals surface area contributed by atoms with Gasteiger partial charge in [-0.25, -0.2) is 0 Å². The SMILES string of the molecule is C[C@H]1C=C[C@@H](CO)[C@H]2C(=O)CC(=O)[C@H]21. The van der Waals surface area contributed by atoms with Gasteiger partial charge in [0.15, 0.2) is 0 Å². The third kappa shape index (κ3) is 1.23. The van der Waals surface area contributed by atoms with Gasteiger partial charge in [-0.3, -0.25) is 9.59 Å². The van der Waals surface area contributed by atoms with Crippen molar-refractivity contribution in [1.29, 1.82) is 0 Å². The predicted molar refractivity (Wildman–Crippen MR) is 50.5 cm³/mol. The summed E-state index contributed by atoms with van der Waals surface area (Å²) in [5.41, 5.74) is 0. The largest absolute Gasteiger partial charge is 0.396 e. The van der Waals surface area contributed by atoms with Crippen LogP contribution in [0, 0.1) is 23.7 Å². The molecule has 0 aromatic rings. The molecule has 0 aromatic carbocycles. The average molecular weight is 194 g/mol. The van der Waals surface area contributed by atoms with Crippen molar-refractivity contribution in [3.8, 4) is 0 Å². The molecule has 1 N–H and O–H groups in total. The summed E-state index contributed by atoms with van der Waals surface area (Å²) in [5, 5.41) is 9.11. The van der Waals surface area contributed by atoms with Gasteiger partial charge >= 0.3 is 0 Å². The number of aliphatic hydroxyl groups is 1. The van der Waals surface area contributed by atoms with Crippen molar-refractivity contribution >= 4 is 11.6 Å². The highest BCUT2D eigenvalue weighted by atomic mass is 16.3. The normalized spacial score (nSPS) is 41.6. The maximum absolute atomic E-state index is 11.6. The second-order valence-electron chi connectivity index (χ2n) is 4.25. The second kappa shape index (κ2) is 3.31. The van der Waals surface area contributed by atoms with Crippen molar-refractivity contribution in [2.24, 2.45) is 23.7 Å². The van der Waals surface area contributed by atoms with Crippen LogP contribution in [0.25, 0.3) is 0 Å². The highest BCUT2D eigenvalue weighted by Gasteiger charge is 2.48. The molecule has 4 atom stereocenters. The Morgan fingerprint density at radius 1 is 1.29 bits per heavy atom. The molecule has 3 nitrogen and oxygen atoms in total. The average Bonchev–Trinajstić information content (AvgIpc) is 2.44. The monoisotopic (exact) mass is 194 g/mol. The number of Topliss-reactive ketones (excluding diaryl/α,β-unsaturated/α-hetero) is 2. The number of carbonyl (C=O) groups excluding carboxylic acids is 2. The summed E-state index contributed by atoms with van der Waals surface area (Å²) < 4.78 is 0. The molecule has 0 unspecified atom stereocenters. The van der Waals surface area contributed by atoms with Crippen LogP contribution in [0.2, 0.25) is 0 Å². The molecule has 0 saturated heterocycles. The van der Waals surface area contributed by atoms with Gasteiger partial charge in [0.25, 0.3) is 0 Å². The van der Waals surface area contributed by atoms with Gasteiger partial charge in [0, 0.05) is 17.8 Å². The van der Waals surface area contributed by atoms with E-state index in [2.05, 4.69) is 0 Å². The molecule has 0 radical (unpaired) electrons. The van der Waals surface area contributed by atoms with Crippen LogP contribution < -0.4 is 0 Å². The molecule has 0 heterocycles. The van der Waals surface area contributed by atoms with E-state index in [0.29, 0.717) is 0 Å². The molecule has 2 rings (SSSR count). The number of hydrogen-bond acceptors (Lipinski definition) is 3. The minimum absolute atomic E-state index is 0.00949. The lowest BCUT2D eigenvalue weighted by Gasteiger charge is -2.30. The molecule has 2 aliphatic carbocycles. The first-order valence-electron chi connectivity index (χ1n) is 4.99. The highest BCUT2D eigenvalue weighted by molar-refractivity contribution is 6.09. The fraction of sp³-hybridized carbons (Fsp3) is 0.636. The van der Waals surface area contributed by atoms with Gasteiger partial charge in [-0.05, 0) is 5.92 Å². The molecular weight excluding hydrogens is 180 g/mol. The Morgan fingerprint density at radius 2 is 1.93 bits per heavy atom. The van der Waals surface area contributed by atoms with E-state index >= 15 is 0 Å². The van der Waals surface area contributed by atoms with Crippen LogP contribution in [-0.4, -0.2) is 23.3 Å². The third-order valence-electron chi connectivity index (χ3n) is 3.38. The van der Waals surface area contributed by atoms with Crippen LogP contribution in [0.3, 0.4) is 0 Å². The number of hydrogen-bond donors (Lipinski definition) is 1. The molecule has 14 heavy (non-hydrogen) atoms. The molecule has 3 heteroatoms. The lowest BCUT2D eigenvalue weighted by atomic mass is 9.73. The molecule has 1 saturated carbocycles. The second-order valence-corrected chi connectivity index (χ2v) is 4.25. The summed E-state index contributed by atoms with van der Waals surface area (Å²) >= 11 is 0. The van der Waals surface area contributed by atoms with Gasteiger partial charge in [0.1, 0.15) is 11.6 Å². The summed E-state index contributed by atoms with van der Waals surface area (Å²) in [6.07, 6.45) is 3.89. The zero-order chi connectivity index (χ0) is 10.3. The first-order chi connectivity index (χ1) is 6.65. The first kappa shape index (κ1) is 9.59. The molecule has 0 amide bonds. The maximum Gasteiger partial charge on any atom is 0.144 e. The third-order valence-corrected chi connectivity index (χ3v) is 3.38. The number of rotatable bonds is 1. The predicted octanol–water partition coefficient (Wildman–Crippen LogP) is 0.575. The van der Waals surface area contributed by atoms with E-state index in [1.54, 1.807) is 0 Å². The Labute approximate surface area is 82.8 Å². The van der Waals surface area contributed by atoms with E-state index in [9.17, 15) is 9.59 Å². The van der Waals surface area contributed by atoms with Gasteiger partial charge in [-0.15, -0.1) is 0 Å². The zero-order valence-corrected chi connectivity index (χ0v) is 8.14. The summed E-state index contributed by atoms with van der Waals surface area (Å²) in [6, 6.07) is 0. The van der Waals surface area contributed by atoms with Crippen molar-refractivity contribution in [3.05, 3.63) is 12.2 Å². The summed E-state index contributed by atoms with van der Waals surface area (Å²) in [5.74, 6) is -0.375. The van der Waals surface area contributed by atoms with E-state index in [4.69, 9.17) is 5.11 Å². The smallest absolute Gasteiger partial charge is 0.144 e. The molecule has 0 spiro atoms. The molecule has 2 aliphatic rings. The van der Waals surface area contributed by atoms with Crippen molar-refractivity contribution in [2.75, 3.05) is 6.61 Å². The molecule has 1 fully saturated rings. The summed E-state index contributed by atoms with van der Waals surface area (Å²) in [7, 11) is 0. The topological polar surface area (TPSA) is 54.4 Å². The Bertz CT molecular complexity index is 306. The van der Waals surface area contributed by atoms with E-state index in [0.717, 1.165) is 0 Å². The van der Waals surface area contributed by atoms with Crippen LogP contribution >= 0.6 is 0 Å². The fourth-order valence-electron chi connectivity index (χ4n) is 2.67. The number of ketones is 2. The van der Waals surface area contributed by atoms with Gasteiger partial charge in [0.2, 0.25) is 0 Å². The van der Waals surface area contributed by atoms with E-state index in [1.807, 2.05) is 19.1 Å². The maximum atomic E-state index is 11.6. The minimum Gasteiger partial charge on any atom is -0.396 e. The zero-order valence-electron chi connectivity index (χ0n) is 8.14. The molecular formula is C11H14O3. The Morgan fingerprint density at radius 3 is 2.57 bits per heavy atom. The summed E-state index contributed by atoms with van der Waals surface area (Å²) in [4.78, 5) is 23.1. The lowest BCUT2D eigenvalue weighted by Crippen LogP contribution is -2.34. The van der Waals surface area contributed by atoms with Gasteiger partial charge in [-0.1, -0.05) is 19.1 Å². The Balaban J connectivity index is 2.35. The quantitative estimate of drug-likeness (QED) is 0.490. The van der Waals surface area contributed by atoms with Crippen LogP contribution in [0.1, 0.15) is 13.3 Å². The van der Waals surface area contributed by atoms with Gasteiger partial charge < -0.3 is 5.11 Å². The van der Waals surface area contributed by atoms with Gasteiger partial charge in [0.05, 0.1) is 13.0 Å². The number of fused-ring (bicyclic) bond motifs is 1. The molecule has 0 bridgehead atoms. The molecule has 76 valence electrons. The van der Waals surface area contributed by atoms with E-state index in [1.165, 1.54) is 0 Å². The van der Waals surface area contributed by atoms with Crippen molar-refractivity contribution < 1.29 is 14.7 Å². The van der Waals surface area contributed by atoms with Crippen LogP contribution in [0.4, 0.5) is 0 Å². The van der Waals surface area contributed by atoms with Crippen LogP contribution in [0.5, 0.6) is 0 Å². The van der Waals surface area contributed by atoms with Crippen molar-refractivity contribution in [3.63, 3.8) is 0 Å². The Kier molecular flexibility index (Phi) is 2.27. The first-order valence-corrected chi connectivity index (χ1v) is 4.99. The van der Waals surface area contributed by atoms with E-state index < -0.39 is 0 Å². The highest BCUT2D eigenvalue weighted by Crippen LogP contribution is 2.41. The molecule has 0 aromatic heterocycles. The Hall–Kier alpha value is -0.960. The minimum atomic E-state index is -0.257. The number of allylic oxidation sites excluding steroid dienone is 1. The summed E-state index contributed by atoms with van der Waals surface area (Å²) in [6.45, 7) is 1.92. The van der Waals surface area contributed by atoms with Gasteiger partial charge in [-0.2, -0.15) is 0 Å². The standard InChI is InChI=1S/C11H14O3/c1-6-2-3-7(5-12)11-9(14)4-8(13)10(6)11/h2-3,6-7,10-12H,4-5H2,1H3/t6-,7-,10+,11-/m0/s1. The number of carbonyl (C=O) groups is 2. The number of aliphatic hydroxyl groups excluding tert-OH is 1. The van der Waals surface area contributed by atoms with Crippen LogP contribution in [-0.2, 0) is 9.59 Å². The lowest BCUT2D eigenvalue weighted by molar-refractivity contribution is -0.123. The molecule has 0 aliphatic heterocycles. The van der Waals surface area contributed by atoms with E-state index in [-0.39, 0.29) is 48.3 Å². The van der Waals surface area contributed by atoms with Crippen LogP contribution in [0.15, 0.2) is 12.2 Å².